The molecule has 1 rings (SSSR count). The maximum Gasteiger partial charge on any atom is 0.631 e. The molecule has 0 heterocycles. The molecule has 0 bridgehead atoms. The van der Waals surface area contributed by atoms with Crippen molar-refractivity contribution in [2.24, 2.45) is 0 Å². The van der Waals surface area contributed by atoms with Gasteiger partial charge in [-0.25, -0.2) is 4.39 Å². The highest BCUT2D eigenvalue weighted by Gasteiger charge is 2.31. The Balaban J connectivity index is 0. The Morgan fingerprint density at radius 2 is 1.10 bits per heavy atom. The number of phenols is 1. The lowest BCUT2D eigenvalue weighted by atomic mass is 9.90. The maximum atomic E-state index is 12.0. The van der Waals surface area contributed by atoms with Crippen LogP contribution in [0.5, 0.6) is 5.75 Å². The predicted octanol–water partition coefficient (Wildman–Crippen LogP) is 0.00770. The number of hydrogen-bond donors (Lipinski definition) is 6. The molecular weight excluding hydrogens is 270 g/mol. The molecule has 0 saturated heterocycles. The van der Waals surface area contributed by atoms with Crippen LogP contribution in [0.2, 0.25) is 0 Å². The van der Waals surface area contributed by atoms with Gasteiger partial charge in [0.25, 0.3) is 0 Å². The Labute approximate surface area is 117 Å². The van der Waals surface area contributed by atoms with Crippen molar-refractivity contribution in [1.29, 1.82) is 0 Å². The van der Waals surface area contributed by atoms with Gasteiger partial charge in [-0.1, -0.05) is 0 Å². The second-order valence-corrected chi connectivity index (χ2v) is 4.94. The average Bonchev–Trinajstić information content (AvgIpc) is 2.19. The molecule has 0 fully saturated rings. The standard InChI is InChI=1S/C6H5FO.C6H14O2.BH3O3/c7-5-1-3-6(8)4-2-5;1-5(2,7)6(3,4)8;2-1(3)4/h1-4,8H;7-8H,1-4H3;2-4H. The van der Waals surface area contributed by atoms with E-state index in [9.17, 15) is 4.39 Å². The molecule has 6 N–H and O–H groups in total. The Morgan fingerprint density at radius 1 is 0.850 bits per heavy atom. The molecule has 0 aromatic heterocycles. The molecule has 0 aliphatic rings. The molecule has 1 aromatic carbocycles. The summed E-state index contributed by atoms with van der Waals surface area (Å²) in [6.07, 6.45) is 0. The number of aromatic hydroxyl groups is 1. The smallest absolute Gasteiger partial charge is 0.508 e. The fraction of sp³-hybridized carbons (Fsp3) is 0.500. The molecule has 0 unspecified atom stereocenters. The van der Waals surface area contributed by atoms with Crippen LogP contribution in [-0.4, -0.2) is 48.9 Å². The lowest BCUT2D eigenvalue weighted by Crippen LogP contribution is -2.44. The van der Waals surface area contributed by atoms with Gasteiger partial charge in [0.1, 0.15) is 11.6 Å². The number of aliphatic hydroxyl groups is 2. The molecule has 116 valence electrons. The van der Waals surface area contributed by atoms with Crippen LogP contribution in [0.15, 0.2) is 24.3 Å². The molecule has 0 radical (unpaired) electrons. The molecule has 1 aromatic rings. The van der Waals surface area contributed by atoms with E-state index >= 15 is 0 Å². The second-order valence-electron chi connectivity index (χ2n) is 4.94. The van der Waals surface area contributed by atoms with Crippen molar-refractivity contribution in [3.8, 4) is 5.75 Å². The van der Waals surface area contributed by atoms with Gasteiger partial charge in [0.2, 0.25) is 0 Å². The molecule has 6 nitrogen and oxygen atoms in total. The third kappa shape index (κ3) is 13.3. The summed E-state index contributed by atoms with van der Waals surface area (Å²) in [5, 5.41) is 48.3. The van der Waals surface area contributed by atoms with Crippen LogP contribution >= 0.6 is 0 Å². The average molecular weight is 292 g/mol. The summed E-state index contributed by atoms with van der Waals surface area (Å²) >= 11 is 0. The lowest BCUT2D eigenvalue weighted by molar-refractivity contribution is -0.107. The highest BCUT2D eigenvalue weighted by atomic mass is 19.1. The molecule has 0 aliphatic carbocycles. The molecule has 8 heteroatoms. The van der Waals surface area contributed by atoms with Crippen molar-refractivity contribution in [2.75, 3.05) is 0 Å². The first-order valence-corrected chi connectivity index (χ1v) is 5.71. The quantitative estimate of drug-likeness (QED) is 0.405. The van der Waals surface area contributed by atoms with Gasteiger partial charge in [-0.05, 0) is 52.0 Å². The number of halogens is 1. The zero-order valence-electron chi connectivity index (χ0n) is 11.9. The van der Waals surface area contributed by atoms with Crippen molar-refractivity contribution in [2.45, 2.75) is 38.9 Å². The first-order chi connectivity index (χ1) is 8.77. The largest absolute Gasteiger partial charge is 0.631 e. The van der Waals surface area contributed by atoms with E-state index in [1.54, 1.807) is 27.7 Å². The fourth-order valence-electron chi connectivity index (χ4n) is 0.441. The van der Waals surface area contributed by atoms with Crippen molar-refractivity contribution in [3.05, 3.63) is 30.1 Å². The van der Waals surface area contributed by atoms with E-state index in [1.165, 1.54) is 24.3 Å². The molecule has 0 saturated carbocycles. The summed E-state index contributed by atoms with van der Waals surface area (Å²) in [7, 11) is -2.17. The summed E-state index contributed by atoms with van der Waals surface area (Å²) in [4.78, 5) is 0. The lowest BCUT2D eigenvalue weighted by Gasteiger charge is -2.31. The first kappa shape index (κ1) is 21.1. The van der Waals surface area contributed by atoms with Gasteiger partial charge in [-0.2, -0.15) is 0 Å². The van der Waals surface area contributed by atoms with Gasteiger partial charge in [0.05, 0.1) is 11.2 Å². The van der Waals surface area contributed by atoms with Crippen molar-refractivity contribution < 1.29 is 34.8 Å². The molecule has 0 aliphatic heterocycles. The van der Waals surface area contributed by atoms with Crippen LogP contribution in [0.4, 0.5) is 4.39 Å². The van der Waals surface area contributed by atoms with Gasteiger partial charge in [0, 0.05) is 0 Å². The highest BCUT2D eigenvalue weighted by Crippen LogP contribution is 2.19. The van der Waals surface area contributed by atoms with Crippen LogP contribution in [0, 0.1) is 5.82 Å². The number of phenolic OH excluding ortho intramolecular Hbond substituents is 1. The van der Waals surface area contributed by atoms with E-state index < -0.39 is 18.5 Å². The molecule has 0 spiro atoms. The maximum absolute atomic E-state index is 12.0. The van der Waals surface area contributed by atoms with E-state index in [-0.39, 0.29) is 11.6 Å². The topological polar surface area (TPSA) is 121 Å². The summed E-state index contributed by atoms with van der Waals surface area (Å²) in [5.74, 6) is -0.241. The summed E-state index contributed by atoms with van der Waals surface area (Å²) in [5.41, 5.74) is -2.01. The fourth-order valence-corrected chi connectivity index (χ4v) is 0.441. The number of hydrogen-bond acceptors (Lipinski definition) is 6. The normalized spacial score (nSPS) is 10.7. The summed E-state index contributed by atoms with van der Waals surface area (Å²) in [6, 6.07) is 5.01. The number of benzene rings is 1. The molecular formula is C12H22BFO6. The van der Waals surface area contributed by atoms with Gasteiger partial charge in [-0.15, -0.1) is 0 Å². The van der Waals surface area contributed by atoms with Crippen LogP contribution in [0.25, 0.3) is 0 Å². The zero-order chi connectivity index (χ0) is 16.6. The molecule has 20 heavy (non-hydrogen) atoms. The van der Waals surface area contributed by atoms with Gasteiger partial charge >= 0.3 is 7.32 Å². The van der Waals surface area contributed by atoms with E-state index in [0.29, 0.717) is 0 Å². The zero-order valence-corrected chi connectivity index (χ0v) is 11.9. The summed E-state index contributed by atoms with van der Waals surface area (Å²) in [6.45, 7) is 6.31. The minimum absolute atomic E-state index is 0.0893. The molecule has 0 atom stereocenters. The van der Waals surface area contributed by atoms with E-state index in [4.69, 9.17) is 30.4 Å². The van der Waals surface area contributed by atoms with Crippen LogP contribution < -0.4 is 0 Å². The third-order valence-corrected chi connectivity index (χ3v) is 2.32. The first-order valence-electron chi connectivity index (χ1n) is 5.71. The summed E-state index contributed by atoms with van der Waals surface area (Å²) < 4.78 is 12.0. The minimum Gasteiger partial charge on any atom is -0.508 e. The molecule has 0 amide bonds. The van der Waals surface area contributed by atoms with Crippen molar-refractivity contribution >= 4 is 7.32 Å². The Morgan fingerprint density at radius 3 is 1.25 bits per heavy atom. The van der Waals surface area contributed by atoms with Gasteiger partial charge in [0.15, 0.2) is 0 Å². The second kappa shape index (κ2) is 8.88. The van der Waals surface area contributed by atoms with E-state index in [1.807, 2.05) is 0 Å². The van der Waals surface area contributed by atoms with Crippen LogP contribution in [-0.2, 0) is 0 Å². The Kier molecular flexibility index (Phi) is 9.38. The van der Waals surface area contributed by atoms with Crippen LogP contribution in [0.3, 0.4) is 0 Å². The van der Waals surface area contributed by atoms with E-state index in [2.05, 4.69) is 0 Å². The monoisotopic (exact) mass is 292 g/mol. The van der Waals surface area contributed by atoms with E-state index in [0.717, 1.165) is 0 Å². The number of rotatable bonds is 1. The van der Waals surface area contributed by atoms with Crippen molar-refractivity contribution in [1.82, 2.24) is 0 Å². The Hall–Kier alpha value is -1.19. The van der Waals surface area contributed by atoms with Gasteiger partial charge in [-0.3, -0.25) is 0 Å². The SMILES string of the molecule is CC(C)(O)C(C)(C)O.OB(O)O.Oc1ccc(F)cc1. The third-order valence-electron chi connectivity index (χ3n) is 2.32. The van der Waals surface area contributed by atoms with Crippen molar-refractivity contribution in [3.63, 3.8) is 0 Å². The minimum atomic E-state index is -2.17. The van der Waals surface area contributed by atoms with Gasteiger partial charge < -0.3 is 30.4 Å². The highest BCUT2D eigenvalue weighted by molar-refractivity contribution is 6.30. The Bertz CT molecular complexity index is 320. The van der Waals surface area contributed by atoms with Crippen LogP contribution in [0.1, 0.15) is 27.7 Å². The predicted molar refractivity (Wildman–Crippen MR) is 73.1 cm³/mol.